The van der Waals surface area contributed by atoms with Crippen molar-refractivity contribution in [1.29, 1.82) is 0 Å². The molecule has 1 aliphatic heterocycles. The van der Waals surface area contributed by atoms with Crippen LogP contribution in [-0.4, -0.2) is 17.8 Å². The lowest BCUT2D eigenvalue weighted by Crippen LogP contribution is -2.51. The lowest BCUT2D eigenvalue weighted by atomic mass is 10.1. The second-order valence-corrected chi connectivity index (χ2v) is 7.05. The van der Waals surface area contributed by atoms with Gasteiger partial charge in [0, 0.05) is 0 Å². The Morgan fingerprint density at radius 3 is 1.75 bits per heavy atom. The van der Waals surface area contributed by atoms with Crippen LogP contribution in [0.4, 0.5) is 4.79 Å². The van der Waals surface area contributed by atoms with Crippen LogP contribution in [0.15, 0.2) is 84.4 Å². The summed E-state index contributed by atoms with van der Waals surface area (Å²) in [5.41, 5.74) is 2.37. The van der Waals surface area contributed by atoms with E-state index in [0.717, 1.165) is 11.1 Å². The van der Waals surface area contributed by atoms with Crippen molar-refractivity contribution >= 4 is 23.9 Å². The molecule has 7 nitrogen and oxygen atoms in total. The van der Waals surface area contributed by atoms with Crippen molar-refractivity contribution in [1.82, 2.24) is 10.6 Å². The number of amides is 4. The van der Waals surface area contributed by atoms with E-state index in [1.54, 1.807) is 18.2 Å². The first-order valence-electron chi connectivity index (χ1n) is 9.94. The number of hydrogen-bond acceptors (Lipinski definition) is 5. The van der Waals surface area contributed by atoms with Crippen LogP contribution < -0.4 is 20.1 Å². The van der Waals surface area contributed by atoms with E-state index in [4.69, 9.17) is 9.47 Å². The number of nitrogens with one attached hydrogen (secondary N) is 2. The lowest BCUT2D eigenvalue weighted by Gasteiger charge is -2.16. The first-order valence-corrected chi connectivity index (χ1v) is 9.94. The molecule has 1 fully saturated rings. The van der Waals surface area contributed by atoms with Crippen LogP contribution in [-0.2, 0) is 22.8 Å². The molecule has 0 bridgehead atoms. The van der Waals surface area contributed by atoms with E-state index in [1.807, 2.05) is 60.7 Å². The van der Waals surface area contributed by atoms with Crippen LogP contribution in [0.3, 0.4) is 0 Å². The standard InChI is InChI=1S/C25H20N2O5/c28-23-20(24(29)27-25(30)26-23)13-19-11-12-21(31-15-17-7-3-1-4-8-17)22(14-19)32-16-18-9-5-2-6-10-18/h1-14H,15-16H2,(H2,26,27,28,29,30). The third kappa shape index (κ3) is 5.20. The fourth-order valence-corrected chi connectivity index (χ4v) is 3.09. The van der Waals surface area contributed by atoms with Gasteiger partial charge in [-0.2, -0.15) is 0 Å². The molecule has 0 spiro atoms. The molecule has 3 aromatic rings. The predicted molar refractivity (Wildman–Crippen MR) is 118 cm³/mol. The van der Waals surface area contributed by atoms with Crippen molar-refractivity contribution in [2.24, 2.45) is 0 Å². The van der Waals surface area contributed by atoms with E-state index in [-0.39, 0.29) is 5.57 Å². The Hall–Kier alpha value is -4.39. The van der Waals surface area contributed by atoms with Crippen LogP contribution in [0.5, 0.6) is 11.5 Å². The van der Waals surface area contributed by atoms with Gasteiger partial charge in [-0.3, -0.25) is 20.2 Å². The molecule has 0 aromatic heterocycles. The number of urea groups is 1. The molecule has 32 heavy (non-hydrogen) atoms. The molecule has 1 aliphatic rings. The molecule has 0 unspecified atom stereocenters. The Morgan fingerprint density at radius 2 is 1.19 bits per heavy atom. The molecule has 160 valence electrons. The van der Waals surface area contributed by atoms with Crippen molar-refractivity contribution in [3.8, 4) is 11.5 Å². The third-order valence-corrected chi connectivity index (χ3v) is 4.70. The Bertz CT molecular complexity index is 1150. The maximum Gasteiger partial charge on any atom is 0.328 e. The quantitative estimate of drug-likeness (QED) is 0.443. The molecule has 4 amide bonds. The van der Waals surface area contributed by atoms with Gasteiger partial charge >= 0.3 is 6.03 Å². The van der Waals surface area contributed by atoms with Crippen molar-refractivity contribution in [3.63, 3.8) is 0 Å². The van der Waals surface area contributed by atoms with Crippen LogP contribution >= 0.6 is 0 Å². The van der Waals surface area contributed by atoms with E-state index in [0.29, 0.717) is 30.3 Å². The monoisotopic (exact) mass is 428 g/mol. The predicted octanol–water partition coefficient (Wildman–Crippen LogP) is 3.59. The minimum Gasteiger partial charge on any atom is -0.485 e. The van der Waals surface area contributed by atoms with Gasteiger partial charge < -0.3 is 9.47 Å². The van der Waals surface area contributed by atoms with Crippen molar-refractivity contribution < 1.29 is 23.9 Å². The summed E-state index contributed by atoms with van der Waals surface area (Å²) in [5.74, 6) is -0.517. The summed E-state index contributed by atoms with van der Waals surface area (Å²) in [6, 6.07) is 23.7. The van der Waals surface area contributed by atoms with Crippen molar-refractivity contribution in [2.75, 3.05) is 0 Å². The number of ether oxygens (including phenoxy) is 2. The summed E-state index contributed by atoms with van der Waals surface area (Å²) in [6.07, 6.45) is 1.40. The fraction of sp³-hybridized carbons (Fsp3) is 0.0800. The molecule has 1 heterocycles. The van der Waals surface area contributed by atoms with Gasteiger partial charge in [-0.05, 0) is 34.9 Å². The summed E-state index contributed by atoms with van der Waals surface area (Å²) >= 11 is 0. The van der Waals surface area contributed by atoms with Crippen molar-refractivity contribution in [2.45, 2.75) is 13.2 Å². The van der Waals surface area contributed by atoms with Crippen LogP contribution in [0.25, 0.3) is 6.08 Å². The molecule has 0 saturated carbocycles. The normalized spacial score (nSPS) is 13.2. The van der Waals surface area contributed by atoms with Gasteiger partial charge in [-0.25, -0.2) is 4.79 Å². The Morgan fingerprint density at radius 1 is 0.656 bits per heavy atom. The van der Waals surface area contributed by atoms with Gasteiger partial charge in [0.25, 0.3) is 11.8 Å². The topological polar surface area (TPSA) is 93.7 Å². The van der Waals surface area contributed by atoms with E-state index in [9.17, 15) is 14.4 Å². The summed E-state index contributed by atoms with van der Waals surface area (Å²) in [6.45, 7) is 0.675. The lowest BCUT2D eigenvalue weighted by molar-refractivity contribution is -0.123. The number of rotatable bonds is 7. The van der Waals surface area contributed by atoms with Crippen LogP contribution in [0.2, 0.25) is 0 Å². The molecular weight excluding hydrogens is 408 g/mol. The highest BCUT2D eigenvalue weighted by atomic mass is 16.5. The summed E-state index contributed by atoms with van der Waals surface area (Å²) in [5, 5.41) is 4.11. The highest BCUT2D eigenvalue weighted by molar-refractivity contribution is 6.31. The molecule has 0 radical (unpaired) electrons. The molecular formula is C25H20N2O5. The molecule has 7 heteroatoms. The van der Waals surface area contributed by atoms with Gasteiger partial charge in [0.15, 0.2) is 11.5 Å². The summed E-state index contributed by atoms with van der Waals surface area (Å²) in [7, 11) is 0. The first-order chi connectivity index (χ1) is 15.6. The van der Waals surface area contributed by atoms with E-state index in [1.165, 1.54) is 6.08 Å². The summed E-state index contributed by atoms with van der Waals surface area (Å²) < 4.78 is 12.0. The van der Waals surface area contributed by atoms with Gasteiger partial charge in [0.1, 0.15) is 18.8 Å². The number of carbonyl (C=O) groups is 3. The molecule has 4 rings (SSSR count). The summed E-state index contributed by atoms with van der Waals surface area (Å²) in [4.78, 5) is 35.3. The largest absolute Gasteiger partial charge is 0.485 e. The average molecular weight is 428 g/mol. The number of hydrogen-bond donors (Lipinski definition) is 2. The Labute approximate surface area is 184 Å². The Kier molecular flexibility index (Phi) is 6.27. The van der Waals surface area contributed by atoms with Crippen LogP contribution in [0, 0.1) is 0 Å². The Balaban J connectivity index is 1.59. The second-order valence-electron chi connectivity index (χ2n) is 7.05. The average Bonchev–Trinajstić information content (AvgIpc) is 2.80. The van der Waals surface area contributed by atoms with E-state index in [2.05, 4.69) is 10.6 Å². The maximum absolute atomic E-state index is 12.0. The third-order valence-electron chi connectivity index (χ3n) is 4.70. The number of barbiturate groups is 1. The van der Waals surface area contributed by atoms with Gasteiger partial charge in [-0.1, -0.05) is 66.7 Å². The molecule has 2 N–H and O–H groups in total. The minimum atomic E-state index is -0.839. The van der Waals surface area contributed by atoms with Crippen LogP contribution in [0.1, 0.15) is 16.7 Å². The first kappa shape index (κ1) is 20.9. The van der Waals surface area contributed by atoms with E-state index >= 15 is 0 Å². The fourth-order valence-electron chi connectivity index (χ4n) is 3.09. The van der Waals surface area contributed by atoms with E-state index < -0.39 is 17.8 Å². The van der Waals surface area contributed by atoms with Gasteiger partial charge in [0.2, 0.25) is 0 Å². The zero-order valence-electron chi connectivity index (χ0n) is 17.0. The van der Waals surface area contributed by atoms with Crippen molar-refractivity contribution in [3.05, 3.63) is 101 Å². The SMILES string of the molecule is O=C1NC(=O)C(=Cc2ccc(OCc3ccccc3)c(OCc3ccccc3)c2)C(=O)N1. The van der Waals surface area contributed by atoms with Gasteiger partial charge in [0.05, 0.1) is 0 Å². The molecule has 1 saturated heterocycles. The smallest absolute Gasteiger partial charge is 0.328 e. The molecule has 3 aromatic carbocycles. The molecule has 0 aliphatic carbocycles. The number of carbonyl (C=O) groups excluding carboxylic acids is 3. The highest BCUT2D eigenvalue weighted by Crippen LogP contribution is 2.31. The maximum atomic E-state index is 12.0. The number of imide groups is 2. The zero-order chi connectivity index (χ0) is 22.3. The zero-order valence-corrected chi connectivity index (χ0v) is 17.0. The van der Waals surface area contributed by atoms with Gasteiger partial charge in [-0.15, -0.1) is 0 Å². The number of benzene rings is 3. The highest BCUT2D eigenvalue weighted by Gasteiger charge is 2.27. The second kappa shape index (κ2) is 9.61. The molecule has 0 atom stereocenters. The minimum absolute atomic E-state index is 0.170.